The second-order valence-corrected chi connectivity index (χ2v) is 6.01. The molecular weight excluding hydrogens is 236 g/mol. The van der Waals surface area contributed by atoms with Crippen LogP contribution >= 0.6 is 0 Å². The lowest BCUT2D eigenvalue weighted by atomic mass is 9.87. The minimum Gasteiger partial charge on any atom is -0.383 e. The molecule has 2 heterocycles. The van der Waals surface area contributed by atoms with Crippen LogP contribution in [0.5, 0.6) is 0 Å². The highest BCUT2D eigenvalue weighted by atomic mass is 15.2. The molecule has 0 aromatic carbocycles. The van der Waals surface area contributed by atoms with Gasteiger partial charge in [-0.3, -0.25) is 4.90 Å². The van der Waals surface area contributed by atoms with Crippen molar-refractivity contribution in [1.82, 2.24) is 9.88 Å². The quantitative estimate of drug-likeness (QED) is 0.877. The van der Waals surface area contributed by atoms with Gasteiger partial charge in [0, 0.05) is 17.3 Å². The molecule has 0 spiro atoms. The molecule has 106 valence electrons. The maximum Gasteiger partial charge on any atom is 0.128 e. The normalized spacial score (nSPS) is 19.9. The molecule has 4 N–H and O–H groups in total. The van der Waals surface area contributed by atoms with Gasteiger partial charge in [0.1, 0.15) is 5.82 Å². The highest BCUT2D eigenvalue weighted by molar-refractivity contribution is 5.42. The SMILES string of the molecule is CC(C)(C(N)c1cccnc1N)N1CCCCCC1. The summed E-state index contributed by atoms with van der Waals surface area (Å²) in [6.45, 7) is 6.69. The largest absolute Gasteiger partial charge is 0.383 e. The molecule has 1 aromatic rings. The summed E-state index contributed by atoms with van der Waals surface area (Å²) in [7, 11) is 0. The number of anilines is 1. The molecule has 2 rings (SSSR count). The summed E-state index contributed by atoms with van der Waals surface area (Å²) in [6, 6.07) is 3.79. The molecule has 0 saturated carbocycles. The summed E-state index contributed by atoms with van der Waals surface area (Å²) < 4.78 is 0. The van der Waals surface area contributed by atoms with Crippen molar-refractivity contribution >= 4 is 5.82 Å². The van der Waals surface area contributed by atoms with E-state index in [1.165, 1.54) is 25.7 Å². The third-order valence-corrected chi connectivity index (χ3v) is 4.39. The molecule has 1 aliphatic rings. The monoisotopic (exact) mass is 262 g/mol. The standard InChI is InChI=1S/C15H26N4/c1-15(2,19-10-5-3-4-6-11-19)13(16)12-8-7-9-18-14(12)17/h7-9,13H,3-6,10-11,16H2,1-2H3,(H2,17,18). The Hall–Kier alpha value is -1.13. The van der Waals surface area contributed by atoms with Crippen molar-refractivity contribution in [3.8, 4) is 0 Å². The van der Waals surface area contributed by atoms with Crippen LogP contribution < -0.4 is 11.5 Å². The fourth-order valence-electron chi connectivity index (χ4n) is 2.92. The average Bonchev–Trinajstić information content (AvgIpc) is 2.67. The second kappa shape index (κ2) is 5.88. The van der Waals surface area contributed by atoms with E-state index in [2.05, 4.69) is 23.7 Å². The minimum atomic E-state index is -0.112. The zero-order valence-corrected chi connectivity index (χ0v) is 12.1. The average molecular weight is 262 g/mol. The number of rotatable bonds is 3. The van der Waals surface area contributed by atoms with E-state index in [0.29, 0.717) is 5.82 Å². The Bertz CT molecular complexity index is 408. The van der Waals surface area contributed by atoms with Gasteiger partial charge >= 0.3 is 0 Å². The topological polar surface area (TPSA) is 68.2 Å². The molecule has 0 bridgehead atoms. The number of aromatic nitrogens is 1. The van der Waals surface area contributed by atoms with Crippen molar-refractivity contribution in [2.24, 2.45) is 5.73 Å². The van der Waals surface area contributed by atoms with Crippen LogP contribution in [-0.4, -0.2) is 28.5 Å². The summed E-state index contributed by atoms with van der Waals surface area (Å²) >= 11 is 0. The first-order valence-electron chi connectivity index (χ1n) is 7.24. The molecule has 1 saturated heterocycles. The van der Waals surface area contributed by atoms with Crippen molar-refractivity contribution in [3.63, 3.8) is 0 Å². The Morgan fingerprint density at radius 2 is 1.84 bits per heavy atom. The number of nitrogen functional groups attached to an aromatic ring is 1. The van der Waals surface area contributed by atoms with Gasteiger partial charge in [0.05, 0.1) is 6.04 Å². The predicted molar refractivity (Wildman–Crippen MR) is 79.7 cm³/mol. The first-order chi connectivity index (χ1) is 9.03. The van der Waals surface area contributed by atoms with Crippen molar-refractivity contribution in [1.29, 1.82) is 0 Å². The van der Waals surface area contributed by atoms with Crippen molar-refractivity contribution in [2.45, 2.75) is 51.1 Å². The smallest absolute Gasteiger partial charge is 0.128 e. The van der Waals surface area contributed by atoms with Gasteiger partial charge in [-0.2, -0.15) is 0 Å². The predicted octanol–water partition coefficient (Wildman–Crippen LogP) is 2.32. The molecule has 0 aliphatic carbocycles. The van der Waals surface area contributed by atoms with Crippen LogP contribution in [0.2, 0.25) is 0 Å². The van der Waals surface area contributed by atoms with E-state index < -0.39 is 0 Å². The number of hydrogen-bond acceptors (Lipinski definition) is 4. The Kier molecular flexibility index (Phi) is 4.42. The molecule has 0 amide bonds. The van der Waals surface area contributed by atoms with Crippen LogP contribution in [-0.2, 0) is 0 Å². The van der Waals surface area contributed by atoms with E-state index in [0.717, 1.165) is 18.7 Å². The maximum atomic E-state index is 6.49. The fraction of sp³-hybridized carbons (Fsp3) is 0.667. The summed E-state index contributed by atoms with van der Waals surface area (Å²) in [4.78, 5) is 6.67. The minimum absolute atomic E-state index is 0.0957. The first-order valence-corrected chi connectivity index (χ1v) is 7.24. The summed E-state index contributed by atoms with van der Waals surface area (Å²) in [5, 5.41) is 0. The lowest BCUT2D eigenvalue weighted by Gasteiger charge is -2.42. The highest BCUT2D eigenvalue weighted by Crippen LogP contribution is 2.32. The molecular formula is C15H26N4. The van der Waals surface area contributed by atoms with E-state index in [1.807, 2.05) is 12.1 Å². The van der Waals surface area contributed by atoms with Crippen LogP contribution in [0.1, 0.15) is 51.1 Å². The molecule has 1 aromatic heterocycles. The van der Waals surface area contributed by atoms with Gasteiger partial charge in [-0.05, 0) is 45.8 Å². The number of pyridine rings is 1. The van der Waals surface area contributed by atoms with E-state index in [1.54, 1.807) is 6.20 Å². The fourth-order valence-corrected chi connectivity index (χ4v) is 2.92. The lowest BCUT2D eigenvalue weighted by molar-refractivity contribution is 0.0981. The highest BCUT2D eigenvalue weighted by Gasteiger charge is 2.35. The van der Waals surface area contributed by atoms with Crippen LogP contribution in [0, 0.1) is 0 Å². The third-order valence-electron chi connectivity index (χ3n) is 4.39. The molecule has 1 atom stereocenters. The van der Waals surface area contributed by atoms with Crippen molar-refractivity contribution in [2.75, 3.05) is 18.8 Å². The molecule has 0 radical (unpaired) electrons. The molecule has 1 fully saturated rings. The van der Waals surface area contributed by atoms with Gasteiger partial charge in [0.15, 0.2) is 0 Å². The first kappa shape index (κ1) is 14.3. The number of nitrogens with two attached hydrogens (primary N) is 2. The van der Waals surface area contributed by atoms with Gasteiger partial charge in [-0.1, -0.05) is 18.9 Å². The molecule has 4 heteroatoms. The summed E-state index contributed by atoms with van der Waals surface area (Å²) in [5.74, 6) is 0.554. The number of likely N-dealkylation sites (tertiary alicyclic amines) is 1. The van der Waals surface area contributed by atoms with E-state index in [4.69, 9.17) is 11.5 Å². The van der Waals surface area contributed by atoms with Crippen LogP contribution in [0.3, 0.4) is 0 Å². The van der Waals surface area contributed by atoms with Crippen molar-refractivity contribution in [3.05, 3.63) is 23.9 Å². The molecule has 1 aliphatic heterocycles. The third kappa shape index (κ3) is 3.07. The van der Waals surface area contributed by atoms with Gasteiger partial charge in [-0.25, -0.2) is 4.98 Å². The Balaban J connectivity index is 2.20. The van der Waals surface area contributed by atoms with Crippen LogP contribution in [0.25, 0.3) is 0 Å². The molecule has 19 heavy (non-hydrogen) atoms. The molecule has 4 nitrogen and oxygen atoms in total. The van der Waals surface area contributed by atoms with Gasteiger partial charge < -0.3 is 11.5 Å². The van der Waals surface area contributed by atoms with Crippen molar-refractivity contribution < 1.29 is 0 Å². The zero-order chi connectivity index (χ0) is 13.9. The van der Waals surface area contributed by atoms with Gasteiger partial charge in [0.25, 0.3) is 0 Å². The van der Waals surface area contributed by atoms with Crippen LogP contribution in [0.15, 0.2) is 18.3 Å². The zero-order valence-electron chi connectivity index (χ0n) is 12.1. The second-order valence-electron chi connectivity index (χ2n) is 6.01. The Labute approximate surface area is 116 Å². The maximum absolute atomic E-state index is 6.49. The van der Waals surface area contributed by atoms with Gasteiger partial charge in [0.2, 0.25) is 0 Å². The Morgan fingerprint density at radius 1 is 1.21 bits per heavy atom. The lowest BCUT2D eigenvalue weighted by Crippen LogP contribution is -2.51. The Morgan fingerprint density at radius 3 is 2.42 bits per heavy atom. The van der Waals surface area contributed by atoms with Crippen LogP contribution in [0.4, 0.5) is 5.82 Å². The number of nitrogens with zero attached hydrogens (tertiary/aromatic N) is 2. The summed E-state index contributed by atoms with van der Waals surface area (Å²) in [5.41, 5.74) is 13.3. The molecule has 1 unspecified atom stereocenters. The summed E-state index contributed by atoms with van der Waals surface area (Å²) in [6.07, 6.45) is 6.90. The van der Waals surface area contributed by atoms with Gasteiger partial charge in [-0.15, -0.1) is 0 Å². The van der Waals surface area contributed by atoms with E-state index in [-0.39, 0.29) is 11.6 Å². The van der Waals surface area contributed by atoms with E-state index >= 15 is 0 Å². The number of hydrogen-bond donors (Lipinski definition) is 2. The van der Waals surface area contributed by atoms with E-state index in [9.17, 15) is 0 Å².